The summed E-state index contributed by atoms with van der Waals surface area (Å²) in [6.45, 7) is 6.57. The predicted octanol–water partition coefficient (Wildman–Crippen LogP) is 2.52. The highest BCUT2D eigenvalue weighted by Gasteiger charge is 2.21. The Balaban J connectivity index is 1.53. The van der Waals surface area contributed by atoms with Gasteiger partial charge in [-0.2, -0.15) is 0 Å². The van der Waals surface area contributed by atoms with Crippen LogP contribution in [0.1, 0.15) is 28.8 Å². The fourth-order valence-electron chi connectivity index (χ4n) is 2.87. The molecule has 0 bridgehead atoms. The van der Waals surface area contributed by atoms with Crippen molar-refractivity contribution in [2.24, 2.45) is 0 Å². The number of amides is 1. The van der Waals surface area contributed by atoms with E-state index >= 15 is 0 Å². The van der Waals surface area contributed by atoms with Crippen molar-refractivity contribution in [1.29, 1.82) is 0 Å². The van der Waals surface area contributed by atoms with Crippen LogP contribution in [0.4, 0.5) is 5.82 Å². The standard InChI is InChI=1S/C20H23N3O4/c1-3-26-20(25)16-5-8-18(21-14-16)22-10-12-23(13-11-22)19(24)9-7-17-6-4-15(2)27-17/h4-9,14H,3,10-13H2,1-2H3/b9-7+. The van der Waals surface area contributed by atoms with Gasteiger partial charge in [0.15, 0.2) is 0 Å². The number of esters is 1. The van der Waals surface area contributed by atoms with Crippen LogP contribution in [0.5, 0.6) is 0 Å². The van der Waals surface area contributed by atoms with Crippen LogP contribution in [0.15, 0.2) is 41.0 Å². The number of ether oxygens (including phenoxy) is 1. The largest absolute Gasteiger partial charge is 0.462 e. The number of rotatable bonds is 5. The molecule has 7 nitrogen and oxygen atoms in total. The number of aryl methyl sites for hydroxylation is 1. The zero-order valence-corrected chi connectivity index (χ0v) is 15.6. The fraction of sp³-hybridized carbons (Fsp3) is 0.350. The van der Waals surface area contributed by atoms with Crippen LogP contribution in [0.25, 0.3) is 6.08 Å². The number of aromatic nitrogens is 1. The second-order valence-electron chi connectivity index (χ2n) is 6.22. The average Bonchev–Trinajstić information content (AvgIpc) is 3.12. The van der Waals surface area contributed by atoms with Crippen LogP contribution < -0.4 is 4.90 Å². The van der Waals surface area contributed by atoms with E-state index in [1.165, 1.54) is 6.20 Å². The van der Waals surface area contributed by atoms with E-state index in [-0.39, 0.29) is 11.9 Å². The van der Waals surface area contributed by atoms with Crippen LogP contribution in [0.2, 0.25) is 0 Å². The molecule has 27 heavy (non-hydrogen) atoms. The maximum atomic E-state index is 12.3. The molecule has 1 saturated heterocycles. The molecule has 7 heteroatoms. The van der Waals surface area contributed by atoms with E-state index in [2.05, 4.69) is 9.88 Å². The van der Waals surface area contributed by atoms with E-state index in [1.807, 2.05) is 25.1 Å². The van der Waals surface area contributed by atoms with Gasteiger partial charge in [0.1, 0.15) is 17.3 Å². The molecule has 0 aliphatic carbocycles. The Morgan fingerprint density at radius 2 is 1.96 bits per heavy atom. The summed E-state index contributed by atoms with van der Waals surface area (Å²) in [6, 6.07) is 7.22. The molecule has 1 aliphatic heterocycles. The molecule has 0 saturated carbocycles. The van der Waals surface area contributed by atoms with Crippen LogP contribution in [0, 0.1) is 6.92 Å². The average molecular weight is 369 g/mol. The summed E-state index contributed by atoms with van der Waals surface area (Å²) < 4.78 is 10.4. The SMILES string of the molecule is CCOC(=O)c1ccc(N2CCN(C(=O)/C=C/c3ccc(C)o3)CC2)nc1. The maximum absolute atomic E-state index is 12.3. The summed E-state index contributed by atoms with van der Waals surface area (Å²) in [5, 5.41) is 0. The number of furan rings is 1. The molecule has 2 aromatic rings. The highest BCUT2D eigenvalue weighted by molar-refractivity contribution is 5.91. The summed E-state index contributed by atoms with van der Waals surface area (Å²) in [4.78, 5) is 32.2. The van der Waals surface area contributed by atoms with Gasteiger partial charge < -0.3 is 19.0 Å². The molecule has 0 spiro atoms. The molecule has 2 aromatic heterocycles. The van der Waals surface area contributed by atoms with Crippen molar-refractivity contribution in [1.82, 2.24) is 9.88 Å². The zero-order valence-electron chi connectivity index (χ0n) is 15.6. The third-order valence-corrected chi connectivity index (χ3v) is 4.33. The first-order valence-corrected chi connectivity index (χ1v) is 8.98. The molecule has 1 fully saturated rings. The third kappa shape index (κ3) is 4.75. The molecular weight excluding hydrogens is 346 g/mol. The van der Waals surface area contributed by atoms with Crippen LogP contribution in [-0.4, -0.2) is 54.5 Å². The quantitative estimate of drug-likeness (QED) is 0.595. The van der Waals surface area contributed by atoms with Gasteiger partial charge >= 0.3 is 5.97 Å². The monoisotopic (exact) mass is 369 g/mol. The summed E-state index contributed by atoms with van der Waals surface area (Å²) >= 11 is 0. The second-order valence-corrected chi connectivity index (χ2v) is 6.22. The number of anilines is 1. The Morgan fingerprint density at radius 1 is 1.19 bits per heavy atom. The van der Waals surface area contributed by atoms with Crippen molar-refractivity contribution in [2.75, 3.05) is 37.7 Å². The number of nitrogens with zero attached hydrogens (tertiary/aromatic N) is 3. The number of carbonyl (C=O) groups excluding carboxylic acids is 2. The number of piperazine rings is 1. The Kier molecular flexibility index (Phi) is 5.90. The van der Waals surface area contributed by atoms with Gasteiger partial charge in [0.05, 0.1) is 12.2 Å². The van der Waals surface area contributed by atoms with Crippen molar-refractivity contribution >= 4 is 23.8 Å². The lowest BCUT2D eigenvalue weighted by Crippen LogP contribution is -2.48. The van der Waals surface area contributed by atoms with Crippen LogP contribution in [0.3, 0.4) is 0 Å². The fourth-order valence-corrected chi connectivity index (χ4v) is 2.87. The number of hydrogen-bond acceptors (Lipinski definition) is 6. The first-order chi connectivity index (χ1) is 13.1. The first-order valence-electron chi connectivity index (χ1n) is 8.98. The molecule has 1 amide bonds. The van der Waals surface area contributed by atoms with E-state index in [9.17, 15) is 9.59 Å². The molecule has 0 N–H and O–H groups in total. The van der Waals surface area contributed by atoms with Crippen molar-refractivity contribution in [3.63, 3.8) is 0 Å². The van der Waals surface area contributed by atoms with Gasteiger partial charge in [0, 0.05) is 38.5 Å². The third-order valence-electron chi connectivity index (χ3n) is 4.33. The Hall–Kier alpha value is -3.09. The molecule has 3 rings (SSSR count). The summed E-state index contributed by atoms with van der Waals surface area (Å²) in [5.74, 6) is 1.87. The van der Waals surface area contributed by atoms with Gasteiger partial charge in [-0.3, -0.25) is 4.79 Å². The molecule has 3 heterocycles. The first kappa shape index (κ1) is 18.7. The Morgan fingerprint density at radius 3 is 2.56 bits per heavy atom. The van der Waals surface area contributed by atoms with Crippen LogP contribution >= 0.6 is 0 Å². The second kappa shape index (κ2) is 8.53. The van der Waals surface area contributed by atoms with Gasteiger partial charge in [0.25, 0.3) is 0 Å². The Labute approximate surface area is 158 Å². The Bertz CT molecular complexity index is 818. The van der Waals surface area contributed by atoms with Crippen molar-refractivity contribution in [3.05, 3.63) is 53.6 Å². The minimum Gasteiger partial charge on any atom is -0.462 e. The zero-order chi connectivity index (χ0) is 19.2. The van der Waals surface area contributed by atoms with E-state index < -0.39 is 0 Å². The number of hydrogen-bond donors (Lipinski definition) is 0. The molecule has 0 radical (unpaired) electrons. The topological polar surface area (TPSA) is 75.9 Å². The lowest BCUT2D eigenvalue weighted by Gasteiger charge is -2.35. The van der Waals surface area contributed by atoms with Gasteiger partial charge in [-0.1, -0.05) is 0 Å². The smallest absolute Gasteiger partial charge is 0.339 e. The summed E-state index contributed by atoms with van der Waals surface area (Å²) in [7, 11) is 0. The maximum Gasteiger partial charge on any atom is 0.339 e. The van der Waals surface area contributed by atoms with Gasteiger partial charge in [-0.25, -0.2) is 9.78 Å². The summed E-state index contributed by atoms with van der Waals surface area (Å²) in [6.07, 6.45) is 4.76. The molecule has 0 unspecified atom stereocenters. The number of carbonyl (C=O) groups is 2. The van der Waals surface area contributed by atoms with E-state index in [0.717, 1.165) is 11.6 Å². The highest BCUT2D eigenvalue weighted by Crippen LogP contribution is 2.15. The molecule has 0 aromatic carbocycles. The molecular formula is C20H23N3O4. The lowest BCUT2D eigenvalue weighted by molar-refractivity contribution is -0.126. The van der Waals surface area contributed by atoms with Gasteiger partial charge in [0.2, 0.25) is 5.91 Å². The van der Waals surface area contributed by atoms with E-state index in [1.54, 1.807) is 30.0 Å². The van der Waals surface area contributed by atoms with E-state index in [4.69, 9.17) is 9.15 Å². The summed E-state index contributed by atoms with van der Waals surface area (Å²) in [5.41, 5.74) is 0.438. The normalized spacial score (nSPS) is 14.6. The molecule has 1 aliphatic rings. The molecule has 0 atom stereocenters. The highest BCUT2D eigenvalue weighted by atomic mass is 16.5. The minimum atomic E-state index is -0.370. The van der Waals surface area contributed by atoms with Gasteiger partial charge in [-0.05, 0) is 44.2 Å². The molecule has 142 valence electrons. The number of pyridine rings is 1. The van der Waals surface area contributed by atoms with Crippen molar-refractivity contribution in [2.45, 2.75) is 13.8 Å². The lowest BCUT2D eigenvalue weighted by atomic mass is 10.2. The van der Waals surface area contributed by atoms with Crippen molar-refractivity contribution < 1.29 is 18.7 Å². The van der Waals surface area contributed by atoms with Crippen molar-refractivity contribution in [3.8, 4) is 0 Å². The predicted molar refractivity (Wildman–Crippen MR) is 101 cm³/mol. The van der Waals surface area contributed by atoms with Gasteiger partial charge in [-0.15, -0.1) is 0 Å². The minimum absolute atomic E-state index is 0.0330. The van der Waals surface area contributed by atoms with E-state index in [0.29, 0.717) is 44.1 Å². The van der Waals surface area contributed by atoms with Crippen LogP contribution in [-0.2, 0) is 9.53 Å².